The summed E-state index contributed by atoms with van der Waals surface area (Å²) in [5, 5.41) is 33.9. The number of aromatic nitrogens is 4. The van der Waals surface area contributed by atoms with Crippen molar-refractivity contribution in [1.29, 1.82) is 0 Å². The van der Waals surface area contributed by atoms with Gasteiger partial charge in [-0.05, 0) is 77.9 Å². The molecular formula is C34H42N12O7S5. The first-order chi connectivity index (χ1) is 27.6. The molecule has 0 radical (unpaired) electrons. The van der Waals surface area contributed by atoms with Gasteiger partial charge in [-0.3, -0.25) is 9.11 Å². The number of rotatable bonds is 19. The molecule has 5 aromatic rings. The lowest BCUT2D eigenvalue weighted by Crippen LogP contribution is -2.21. The van der Waals surface area contributed by atoms with Gasteiger partial charge in [0.1, 0.15) is 22.2 Å². The number of hydrogen-bond donors (Lipinski definition) is 5. The Hall–Kier alpha value is -4.69. The first kappa shape index (κ1) is 44.4. The van der Waals surface area contributed by atoms with E-state index < -0.39 is 20.2 Å². The molecule has 0 fully saturated rings. The summed E-state index contributed by atoms with van der Waals surface area (Å²) in [6.45, 7) is 13.8. The molecule has 3 aromatic heterocycles. The predicted molar refractivity (Wildman–Crippen MR) is 228 cm³/mol. The molecular weight excluding hydrogens is 849 g/mol. The van der Waals surface area contributed by atoms with Gasteiger partial charge in [-0.1, -0.05) is 22.7 Å². The molecule has 24 heteroatoms. The van der Waals surface area contributed by atoms with Crippen molar-refractivity contribution < 1.29 is 31.0 Å². The number of aryl methyl sites for hydroxylation is 2. The second kappa shape index (κ2) is 19.4. The number of aliphatic hydroxyl groups excluding tert-OH is 1. The second-order valence-corrected chi connectivity index (χ2v) is 18.4. The maximum absolute atomic E-state index is 11.8. The van der Waals surface area contributed by atoms with Gasteiger partial charge < -0.3 is 25.5 Å². The number of thiazole rings is 2. The van der Waals surface area contributed by atoms with E-state index >= 15 is 0 Å². The molecule has 0 saturated carbocycles. The van der Waals surface area contributed by atoms with Crippen molar-refractivity contribution in [3.05, 3.63) is 53.9 Å². The lowest BCUT2D eigenvalue weighted by molar-refractivity contribution is 0.322. The van der Waals surface area contributed by atoms with E-state index in [9.17, 15) is 31.0 Å². The minimum Gasteiger partial charge on any atom is -0.396 e. The van der Waals surface area contributed by atoms with Crippen LogP contribution in [0.2, 0.25) is 0 Å². The monoisotopic (exact) mass is 890 g/mol. The highest BCUT2D eigenvalue weighted by Crippen LogP contribution is 2.38. The largest absolute Gasteiger partial charge is 0.396 e. The van der Waals surface area contributed by atoms with Crippen LogP contribution in [0.1, 0.15) is 39.1 Å². The Bertz CT molecular complexity index is 2350. The van der Waals surface area contributed by atoms with E-state index in [1.165, 1.54) is 25.6 Å². The van der Waals surface area contributed by atoms with E-state index in [1.54, 1.807) is 18.2 Å². The van der Waals surface area contributed by atoms with Gasteiger partial charge in [0, 0.05) is 49.4 Å². The fourth-order valence-corrected chi connectivity index (χ4v) is 9.54. The van der Waals surface area contributed by atoms with E-state index in [1.807, 2.05) is 52.0 Å². The zero-order valence-electron chi connectivity index (χ0n) is 32.3. The zero-order chi connectivity index (χ0) is 42.2. The molecule has 0 aliphatic heterocycles. The summed E-state index contributed by atoms with van der Waals surface area (Å²) >= 11 is 2.68. The number of hydrogen-bond acceptors (Lipinski definition) is 20. The van der Waals surface area contributed by atoms with Crippen molar-refractivity contribution in [2.75, 3.05) is 59.0 Å². The van der Waals surface area contributed by atoms with Crippen molar-refractivity contribution in [3.8, 4) is 0 Å². The summed E-state index contributed by atoms with van der Waals surface area (Å²) in [5.41, 5.74) is 3.65. The van der Waals surface area contributed by atoms with Crippen LogP contribution in [0.4, 0.5) is 56.2 Å². The van der Waals surface area contributed by atoms with Crippen LogP contribution in [0.15, 0.2) is 76.4 Å². The third-order valence-corrected chi connectivity index (χ3v) is 14.1. The maximum atomic E-state index is 11.8. The Labute approximate surface area is 348 Å². The molecule has 5 N–H and O–H groups in total. The number of thioether (sulfide) groups is 1. The molecule has 58 heavy (non-hydrogen) atoms. The normalized spacial score (nSPS) is 12.2. The van der Waals surface area contributed by atoms with E-state index in [4.69, 9.17) is 9.97 Å². The minimum atomic E-state index is -4.49. The predicted octanol–water partition coefficient (Wildman–Crippen LogP) is 8.59. The van der Waals surface area contributed by atoms with Crippen molar-refractivity contribution in [1.82, 2.24) is 19.9 Å². The Morgan fingerprint density at radius 2 is 1.14 bits per heavy atom. The smallest absolute Gasteiger partial charge is 0.306 e. The molecule has 2 aromatic carbocycles. The van der Waals surface area contributed by atoms with Crippen LogP contribution in [0, 0.1) is 13.8 Å². The average Bonchev–Trinajstić information content (AvgIpc) is 3.76. The Morgan fingerprint density at radius 1 is 0.672 bits per heavy atom. The summed E-state index contributed by atoms with van der Waals surface area (Å²) in [6.07, 6.45) is 0. The number of benzene rings is 2. The SMILES string of the molecule is CCN(CC)c1ccc(N=Nc2nc(C)c(S(=O)(=O)O)s2)c(Nc2cc(SCCO)nc(Nc3cc(N(CC)CC)ccc3N=Nc3nc(C)c(S(=O)(=O)O)s3)n2)c1. The first-order valence-electron chi connectivity index (χ1n) is 17.7. The van der Waals surface area contributed by atoms with Gasteiger partial charge >= 0.3 is 20.2 Å². The van der Waals surface area contributed by atoms with Gasteiger partial charge in [-0.25, -0.2) is 15.0 Å². The topological polar surface area (TPSA) is 261 Å². The summed E-state index contributed by atoms with van der Waals surface area (Å²) in [5.74, 6) is 0.863. The number of azo groups is 2. The summed E-state index contributed by atoms with van der Waals surface area (Å²) in [7, 11) is -8.97. The van der Waals surface area contributed by atoms with Gasteiger partial charge in [0.05, 0.1) is 29.4 Å². The standard InChI is InChI=1S/C34H42N12O7S5/c1-7-45(8-2)22-11-13-24(41-43-33-35-20(5)30(55-33)57(48,49)50)26(17-22)37-28-19-29(54-16-15-47)40-32(39-28)38-27-18-23(46(9-3)10-4)12-14-25(27)42-44-34-36-21(6)31(56-34)58(51,52)53/h11-14,17-19,47H,7-10,15-16H2,1-6H3,(H,48,49,50)(H,51,52,53)(H2,37,38,39,40). The van der Waals surface area contributed by atoms with Crippen molar-refractivity contribution in [2.45, 2.75) is 55.0 Å². The molecule has 0 bridgehead atoms. The number of nitrogens with zero attached hydrogens (tertiary/aromatic N) is 10. The van der Waals surface area contributed by atoms with Crippen molar-refractivity contribution in [3.63, 3.8) is 0 Å². The van der Waals surface area contributed by atoms with E-state index in [2.05, 4.69) is 50.9 Å². The van der Waals surface area contributed by atoms with Gasteiger partial charge in [0.25, 0.3) is 0 Å². The number of aliphatic hydroxyl groups is 1. The number of anilines is 6. The molecule has 0 aliphatic carbocycles. The van der Waals surface area contributed by atoms with Crippen LogP contribution in [0.3, 0.4) is 0 Å². The van der Waals surface area contributed by atoms with Gasteiger partial charge in [0.2, 0.25) is 16.2 Å². The van der Waals surface area contributed by atoms with Crippen LogP contribution in [0.25, 0.3) is 0 Å². The third kappa shape index (κ3) is 11.3. The Morgan fingerprint density at radius 3 is 1.55 bits per heavy atom. The highest BCUT2D eigenvalue weighted by Gasteiger charge is 2.21. The average molecular weight is 891 g/mol. The third-order valence-electron chi connectivity index (χ3n) is 8.21. The van der Waals surface area contributed by atoms with E-state index in [-0.39, 0.29) is 42.6 Å². The van der Waals surface area contributed by atoms with Gasteiger partial charge in [0.15, 0.2) is 8.42 Å². The number of nitrogens with one attached hydrogen (secondary N) is 2. The minimum absolute atomic E-state index is 0.0257. The lowest BCUT2D eigenvalue weighted by Gasteiger charge is -2.23. The lowest BCUT2D eigenvalue weighted by atomic mass is 10.2. The zero-order valence-corrected chi connectivity index (χ0v) is 36.4. The molecule has 3 heterocycles. The Kier molecular flexibility index (Phi) is 14.8. The highest BCUT2D eigenvalue weighted by molar-refractivity contribution is 7.99. The molecule has 5 rings (SSSR count). The van der Waals surface area contributed by atoms with E-state index in [0.717, 1.165) is 37.6 Å². The van der Waals surface area contributed by atoms with Crippen LogP contribution in [-0.2, 0) is 20.2 Å². The Balaban J connectivity index is 1.57. The van der Waals surface area contributed by atoms with Crippen molar-refractivity contribution >= 4 is 111 Å². The van der Waals surface area contributed by atoms with Crippen LogP contribution in [-0.4, -0.2) is 89.5 Å². The molecule has 19 nitrogen and oxygen atoms in total. The van der Waals surface area contributed by atoms with E-state index in [0.29, 0.717) is 62.0 Å². The fourth-order valence-electron chi connectivity index (χ4n) is 5.52. The summed E-state index contributed by atoms with van der Waals surface area (Å²) in [6, 6.07) is 12.7. The molecule has 0 amide bonds. The van der Waals surface area contributed by atoms with Gasteiger partial charge in [-0.2, -0.15) is 21.8 Å². The molecule has 0 spiro atoms. The summed E-state index contributed by atoms with van der Waals surface area (Å²) < 4.78 is 65.6. The molecule has 0 saturated heterocycles. The molecule has 310 valence electrons. The van der Waals surface area contributed by atoms with Gasteiger partial charge in [-0.15, -0.1) is 32.2 Å². The molecule has 0 unspecified atom stereocenters. The van der Waals surface area contributed by atoms with Crippen molar-refractivity contribution in [2.24, 2.45) is 20.5 Å². The van der Waals surface area contributed by atoms with Crippen LogP contribution < -0.4 is 20.4 Å². The highest BCUT2D eigenvalue weighted by atomic mass is 32.3. The quantitative estimate of drug-likeness (QED) is 0.0225. The second-order valence-electron chi connectivity index (χ2n) is 12.1. The maximum Gasteiger partial charge on any atom is 0.306 e. The fraction of sp³-hybridized carbons (Fsp3) is 0.353. The molecule has 0 atom stereocenters. The summed E-state index contributed by atoms with van der Waals surface area (Å²) in [4.78, 5) is 22.0. The molecule has 0 aliphatic rings. The first-order valence-corrected chi connectivity index (χ1v) is 23.2. The van der Waals surface area contributed by atoms with Crippen LogP contribution in [0.5, 0.6) is 0 Å². The van der Waals surface area contributed by atoms with Crippen LogP contribution >= 0.6 is 34.4 Å².